The smallest absolute Gasteiger partial charge is 0.224 e. The Morgan fingerprint density at radius 1 is 1.45 bits per heavy atom. The van der Waals surface area contributed by atoms with E-state index >= 15 is 0 Å². The molecule has 2 aromatic rings. The second-order valence-electron chi connectivity index (χ2n) is 6.29. The minimum Gasteiger partial charge on any atom is -0.393 e. The van der Waals surface area contributed by atoms with Crippen LogP contribution < -0.4 is 5.32 Å². The highest BCUT2D eigenvalue weighted by Gasteiger charge is 2.26. The van der Waals surface area contributed by atoms with E-state index in [0.29, 0.717) is 13.1 Å². The van der Waals surface area contributed by atoms with Crippen molar-refractivity contribution in [3.05, 3.63) is 30.5 Å². The van der Waals surface area contributed by atoms with Gasteiger partial charge in [-0.15, -0.1) is 0 Å². The second-order valence-corrected chi connectivity index (χ2v) is 6.29. The van der Waals surface area contributed by atoms with E-state index in [1.807, 2.05) is 42.1 Å². The fraction of sp³-hybridized carbons (Fsp3) is 0.529. The first-order valence-corrected chi connectivity index (χ1v) is 8.01. The van der Waals surface area contributed by atoms with Gasteiger partial charge in [0.1, 0.15) is 0 Å². The van der Waals surface area contributed by atoms with Gasteiger partial charge in [-0.25, -0.2) is 0 Å². The van der Waals surface area contributed by atoms with E-state index in [-0.39, 0.29) is 23.8 Å². The number of carbonyl (C=O) groups excluding carboxylic acids is 1. The first-order valence-electron chi connectivity index (χ1n) is 8.01. The second kappa shape index (κ2) is 6.48. The number of para-hydroxylation sites is 1. The molecule has 5 heteroatoms. The first kappa shape index (κ1) is 15.0. The average Bonchev–Trinajstić information content (AvgIpc) is 3.12. The van der Waals surface area contributed by atoms with Gasteiger partial charge in [0.25, 0.3) is 0 Å². The van der Waals surface area contributed by atoms with Crippen LogP contribution in [0.25, 0.3) is 10.9 Å². The van der Waals surface area contributed by atoms with Gasteiger partial charge in [0.05, 0.1) is 30.3 Å². The van der Waals surface area contributed by atoms with E-state index < -0.39 is 0 Å². The third kappa shape index (κ3) is 3.14. The van der Waals surface area contributed by atoms with Crippen LogP contribution in [0.5, 0.6) is 0 Å². The van der Waals surface area contributed by atoms with Gasteiger partial charge in [-0.3, -0.25) is 9.48 Å². The number of hydrogen-bond acceptors (Lipinski definition) is 3. The number of nitrogens with zero attached hydrogens (tertiary/aromatic N) is 2. The van der Waals surface area contributed by atoms with Crippen LogP contribution in [0.4, 0.5) is 0 Å². The van der Waals surface area contributed by atoms with Gasteiger partial charge in [-0.1, -0.05) is 31.5 Å². The summed E-state index contributed by atoms with van der Waals surface area (Å²) in [5.41, 5.74) is 1.05. The SMILES string of the molecule is C[C@H](Cn1ncc2ccccc21)C(=O)NC[C@@H]1CCC[C@@H]1O. The third-order valence-corrected chi connectivity index (χ3v) is 4.60. The fourth-order valence-electron chi connectivity index (χ4n) is 3.17. The van der Waals surface area contributed by atoms with E-state index in [0.717, 1.165) is 30.2 Å². The molecule has 1 heterocycles. The molecule has 0 bridgehead atoms. The van der Waals surface area contributed by atoms with Crippen LogP contribution >= 0.6 is 0 Å². The van der Waals surface area contributed by atoms with Crippen molar-refractivity contribution in [2.24, 2.45) is 11.8 Å². The summed E-state index contributed by atoms with van der Waals surface area (Å²) in [4.78, 5) is 12.2. The summed E-state index contributed by atoms with van der Waals surface area (Å²) in [6.45, 7) is 3.05. The average molecular weight is 301 g/mol. The summed E-state index contributed by atoms with van der Waals surface area (Å²) in [7, 11) is 0. The van der Waals surface area contributed by atoms with Crippen LogP contribution in [0.1, 0.15) is 26.2 Å². The summed E-state index contributed by atoms with van der Waals surface area (Å²) in [6, 6.07) is 8.00. The van der Waals surface area contributed by atoms with Crippen molar-refractivity contribution in [2.75, 3.05) is 6.54 Å². The standard InChI is InChI=1S/C17H23N3O2/c1-12(17(22)18-9-14-6-4-8-16(14)21)11-20-15-7-3-2-5-13(15)10-19-20/h2-3,5,7,10,12,14,16,21H,4,6,8-9,11H2,1H3,(H,18,22)/t12-,14+,16+/m1/s1. The molecule has 3 atom stereocenters. The Morgan fingerprint density at radius 3 is 3.05 bits per heavy atom. The largest absolute Gasteiger partial charge is 0.393 e. The molecule has 0 radical (unpaired) electrons. The molecule has 1 amide bonds. The molecule has 1 fully saturated rings. The van der Waals surface area contributed by atoms with Crippen LogP contribution in [0.3, 0.4) is 0 Å². The zero-order valence-electron chi connectivity index (χ0n) is 12.9. The van der Waals surface area contributed by atoms with Gasteiger partial charge < -0.3 is 10.4 Å². The Hall–Kier alpha value is -1.88. The molecule has 118 valence electrons. The highest BCUT2D eigenvalue weighted by Crippen LogP contribution is 2.24. The molecule has 1 aliphatic rings. The van der Waals surface area contributed by atoms with Gasteiger partial charge in [0.15, 0.2) is 0 Å². The Balaban J connectivity index is 1.57. The molecule has 1 aliphatic carbocycles. The molecule has 22 heavy (non-hydrogen) atoms. The Labute approximate surface area is 130 Å². The van der Waals surface area contributed by atoms with Crippen molar-refractivity contribution >= 4 is 16.8 Å². The number of carbonyl (C=O) groups is 1. The molecule has 5 nitrogen and oxygen atoms in total. The predicted octanol–water partition coefficient (Wildman–Crippen LogP) is 1.95. The number of hydrogen-bond donors (Lipinski definition) is 2. The van der Waals surface area contributed by atoms with Crippen LogP contribution in [0.15, 0.2) is 30.5 Å². The molecule has 0 unspecified atom stereocenters. The van der Waals surface area contributed by atoms with Gasteiger partial charge in [0, 0.05) is 17.8 Å². The lowest BCUT2D eigenvalue weighted by Crippen LogP contribution is -2.37. The van der Waals surface area contributed by atoms with Crippen molar-refractivity contribution in [1.29, 1.82) is 0 Å². The highest BCUT2D eigenvalue weighted by atomic mass is 16.3. The third-order valence-electron chi connectivity index (χ3n) is 4.60. The number of benzene rings is 1. The maximum atomic E-state index is 12.2. The molecular formula is C17H23N3O2. The van der Waals surface area contributed by atoms with Crippen LogP contribution in [-0.4, -0.2) is 33.4 Å². The fourth-order valence-corrected chi connectivity index (χ4v) is 3.17. The Bertz CT molecular complexity index is 652. The van der Waals surface area contributed by atoms with Crippen LogP contribution in [0.2, 0.25) is 0 Å². The summed E-state index contributed by atoms with van der Waals surface area (Å²) in [5, 5.41) is 18.2. The molecule has 3 rings (SSSR count). The van der Waals surface area contributed by atoms with Crippen molar-refractivity contribution in [3.8, 4) is 0 Å². The molecule has 1 saturated carbocycles. The molecule has 1 aromatic carbocycles. The van der Waals surface area contributed by atoms with Gasteiger partial charge >= 0.3 is 0 Å². The maximum absolute atomic E-state index is 12.2. The Morgan fingerprint density at radius 2 is 2.27 bits per heavy atom. The van der Waals surface area contributed by atoms with Crippen molar-refractivity contribution in [3.63, 3.8) is 0 Å². The van der Waals surface area contributed by atoms with Crippen molar-refractivity contribution in [2.45, 2.75) is 38.8 Å². The van der Waals surface area contributed by atoms with Crippen LogP contribution in [-0.2, 0) is 11.3 Å². The zero-order valence-corrected chi connectivity index (χ0v) is 12.9. The van der Waals surface area contributed by atoms with E-state index in [9.17, 15) is 9.90 Å². The molecule has 0 aliphatic heterocycles. The lowest BCUT2D eigenvalue weighted by molar-refractivity contribution is -0.125. The van der Waals surface area contributed by atoms with Crippen molar-refractivity contribution < 1.29 is 9.90 Å². The lowest BCUT2D eigenvalue weighted by Gasteiger charge is -2.17. The van der Waals surface area contributed by atoms with Gasteiger partial charge in [-0.05, 0) is 18.9 Å². The minimum absolute atomic E-state index is 0.0266. The highest BCUT2D eigenvalue weighted by molar-refractivity contribution is 5.80. The molecule has 0 spiro atoms. The topological polar surface area (TPSA) is 67.2 Å². The molecule has 1 aromatic heterocycles. The molecule has 0 saturated heterocycles. The van der Waals surface area contributed by atoms with Gasteiger partial charge in [-0.2, -0.15) is 5.10 Å². The normalized spacial score (nSPS) is 22.8. The minimum atomic E-state index is -0.259. The molecule has 2 N–H and O–H groups in total. The predicted molar refractivity (Wildman–Crippen MR) is 85.3 cm³/mol. The van der Waals surface area contributed by atoms with Crippen LogP contribution in [0, 0.1) is 11.8 Å². The first-order chi connectivity index (χ1) is 10.6. The summed E-state index contributed by atoms with van der Waals surface area (Å²) in [5.74, 6) is 0.0854. The number of nitrogens with one attached hydrogen (secondary N) is 1. The maximum Gasteiger partial charge on any atom is 0.224 e. The number of amides is 1. The zero-order chi connectivity index (χ0) is 15.5. The quantitative estimate of drug-likeness (QED) is 0.887. The Kier molecular flexibility index (Phi) is 4.43. The number of aliphatic hydroxyl groups is 1. The summed E-state index contributed by atoms with van der Waals surface area (Å²) >= 11 is 0. The number of rotatable bonds is 5. The van der Waals surface area contributed by atoms with E-state index in [1.165, 1.54) is 0 Å². The molecular weight excluding hydrogens is 278 g/mol. The number of aromatic nitrogens is 2. The summed E-state index contributed by atoms with van der Waals surface area (Å²) < 4.78 is 1.88. The van der Waals surface area contributed by atoms with E-state index in [2.05, 4.69) is 10.4 Å². The monoisotopic (exact) mass is 301 g/mol. The number of aliphatic hydroxyl groups excluding tert-OH is 1. The van der Waals surface area contributed by atoms with Crippen molar-refractivity contribution in [1.82, 2.24) is 15.1 Å². The van der Waals surface area contributed by atoms with E-state index in [4.69, 9.17) is 0 Å². The summed E-state index contributed by atoms with van der Waals surface area (Å²) in [6.07, 6.45) is 4.48. The van der Waals surface area contributed by atoms with E-state index in [1.54, 1.807) is 0 Å². The number of fused-ring (bicyclic) bond motifs is 1. The van der Waals surface area contributed by atoms with Gasteiger partial charge in [0.2, 0.25) is 5.91 Å². The lowest BCUT2D eigenvalue weighted by atomic mass is 10.1.